The summed E-state index contributed by atoms with van der Waals surface area (Å²) < 4.78 is 0. The molecule has 1 aromatic heterocycles. The number of aromatic nitrogens is 1. The molecule has 0 unspecified atom stereocenters. The molecule has 0 aliphatic heterocycles. The van der Waals surface area contributed by atoms with Gasteiger partial charge >= 0.3 is 0 Å². The maximum absolute atomic E-state index is 4.34. The van der Waals surface area contributed by atoms with Gasteiger partial charge in [-0.1, -0.05) is 13.8 Å². The van der Waals surface area contributed by atoms with Crippen molar-refractivity contribution in [3.05, 3.63) is 23.9 Å². The topological polar surface area (TPSA) is 28.2 Å². The lowest BCUT2D eigenvalue weighted by atomic mass is 9.75. The van der Waals surface area contributed by atoms with Gasteiger partial charge in [-0.05, 0) is 62.8 Å². The molecule has 0 atom stereocenters. The third kappa shape index (κ3) is 4.20. The Morgan fingerprint density at radius 2 is 2.05 bits per heavy atom. The molecule has 3 nitrogen and oxygen atoms in total. The number of hydrogen-bond acceptors (Lipinski definition) is 3. The van der Waals surface area contributed by atoms with Crippen LogP contribution in [0.25, 0.3) is 0 Å². The van der Waals surface area contributed by atoms with Crippen LogP contribution in [-0.2, 0) is 6.54 Å². The van der Waals surface area contributed by atoms with E-state index in [2.05, 4.69) is 55.2 Å². The lowest BCUT2D eigenvalue weighted by molar-refractivity contribution is 0.123. The maximum Gasteiger partial charge on any atom is 0.126 e. The maximum atomic E-state index is 4.34. The van der Waals surface area contributed by atoms with Crippen LogP contribution < -0.4 is 5.32 Å². The predicted molar refractivity (Wildman–Crippen MR) is 85.9 cm³/mol. The molecule has 1 heterocycles. The van der Waals surface area contributed by atoms with E-state index in [1.54, 1.807) is 0 Å². The molecule has 1 N–H and O–H groups in total. The Morgan fingerprint density at radius 3 is 2.70 bits per heavy atom. The highest BCUT2D eigenvalue weighted by molar-refractivity contribution is 5.37. The Balaban J connectivity index is 1.91. The van der Waals surface area contributed by atoms with Crippen LogP contribution in [0.3, 0.4) is 0 Å². The molecule has 1 fully saturated rings. The second-order valence-corrected chi connectivity index (χ2v) is 6.89. The Kier molecular flexibility index (Phi) is 5.03. The van der Waals surface area contributed by atoms with Crippen LogP contribution in [0.2, 0.25) is 0 Å². The molecular formula is C17H29N3. The highest BCUT2D eigenvalue weighted by atomic mass is 15.1. The van der Waals surface area contributed by atoms with Crippen molar-refractivity contribution in [3.63, 3.8) is 0 Å². The summed E-state index contributed by atoms with van der Waals surface area (Å²) in [7, 11) is 2.26. The SMILES string of the molecule is CCNc1cc(CN(C)C2CCC(C)(C)CC2)ccn1. The van der Waals surface area contributed by atoms with Crippen molar-refractivity contribution in [3.8, 4) is 0 Å². The Morgan fingerprint density at radius 1 is 1.35 bits per heavy atom. The monoisotopic (exact) mass is 275 g/mol. The summed E-state index contributed by atoms with van der Waals surface area (Å²) in [6.07, 6.45) is 7.26. The minimum Gasteiger partial charge on any atom is -0.370 e. The zero-order valence-corrected chi connectivity index (χ0v) is 13.4. The van der Waals surface area contributed by atoms with Gasteiger partial charge in [-0.15, -0.1) is 0 Å². The largest absolute Gasteiger partial charge is 0.370 e. The first kappa shape index (κ1) is 15.3. The van der Waals surface area contributed by atoms with Crippen LogP contribution in [0.15, 0.2) is 18.3 Å². The van der Waals surface area contributed by atoms with E-state index in [0.29, 0.717) is 5.41 Å². The summed E-state index contributed by atoms with van der Waals surface area (Å²) >= 11 is 0. The summed E-state index contributed by atoms with van der Waals surface area (Å²) in [6, 6.07) is 5.04. The summed E-state index contributed by atoms with van der Waals surface area (Å²) in [4.78, 5) is 6.85. The molecule has 20 heavy (non-hydrogen) atoms. The summed E-state index contributed by atoms with van der Waals surface area (Å²) in [5.41, 5.74) is 1.90. The fraction of sp³-hybridized carbons (Fsp3) is 0.706. The molecule has 2 rings (SSSR count). The van der Waals surface area contributed by atoms with E-state index in [4.69, 9.17) is 0 Å². The zero-order chi connectivity index (χ0) is 14.6. The molecule has 0 amide bonds. The fourth-order valence-corrected chi connectivity index (χ4v) is 3.09. The molecule has 0 aromatic carbocycles. The lowest BCUT2D eigenvalue weighted by Gasteiger charge is -2.38. The van der Waals surface area contributed by atoms with Crippen molar-refractivity contribution in [2.45, 2.75) is 59.0 Å². The fourth-order valence-electron chi connectivity index (χ4n) is 3.09. The third-order valence-electron chi connectivity index (χ3n) is 4.55. The van der Waals surface area contributed by atoms with Crippen molar-refractivity contribution in [1.82, 2.24) is 9.88 Å². The van der Waals surface area contributed by atoms with E-state index in [-0.39, 0.29) is 0 Å². The average molecular weight is 275 g/mol. The number of nitrogens with one attached hydrogen (secondary N) is 1. The number of pyridine rings is 1. The second-order valence-electron chi connectivity index (χ2n) is 6.89. The highest BCUT2D eigenvalue weighted by Gasteiger charge is 2.28. The van der Waals surface area contributed by atoms with Crippen LogP contribution >= 0.6 is 0 Å². The normalized spacial score (nSPS) is 19.2. The standard InChI is InChI=1S/C17H29N3/c1-5-18-16-12-14(8-11-19-16)13-20(4)15-6-9-17(2,3)10-7-15/h8,11-12,15H,5-7,9-10,13H2,1-4H3,(H,18,19). The van der Waals surface area contributed by atoms with E-state index in [1.165, 1.54) is 31.2 Å². The molecular weight excluding hydrogens is 246 g/mol. The van der Waals surface area contributed by atoms with Gasteiger partial charge in [-0.25, -0.2) is 4.98 Å². The summed E-state index contributed by atoms with van der Waals surface area (Å²) in [5, 5.41) is 3.28. The smallest absolute Gasteiger partial charge is 0.126 e. The van der Waals surface area contributed by atoms with Gasteiger partial charge < -0.3 is 5.32 Å². The minimum absolute atomic E-state index is 0.548. The lowest BCUT2D eigenvalue weighted by Crippen LogP contribution is -2.36. The third-order valence-corrected chi connectivity index (χ3v) is 4.55. The first-order chi connectivity index (χ1) is 9.50. The van der Waals surface area contributed by atoms with E-state index >= 15 is 0 Å². The number of nitrogens with zero attached hydrogens (tertiary/aromatic N) is 2. The zero-order valence-electron chi connectivity index (χ0n) is 13.4. The Labute approximate surface area is 123 Å². The quantitative estimate of drug-likeness (QED) is 0.883. The summed E-state index contributed by atoms with van der Waals surface area (Å²) in [6.45, 7) is 8.84. The van der Waals surface area contributed by atoms with E-state index < -0.39 is 0 Å². The van der Waals surface area contributed by atoms with Gasteiger partial charge in [0.1, 0.15) is 5.82 Å². The molecule has 3 heteroatoms. The van der Waals surface area contributed by atoms with Crippen LogP contribution in [0, 0.1) is 5.41 Å². The second kappa shape index (κ2) is 6.57. The Bertz CT molecular complexity index is 418. The molecule has 1 aromatic rings. The molecule has 1 saturated carbocycles. The highest BCUT2D eigenvalue weighted by Crippen LogP contribution is 2.36. The molecule has 0 radical (unpaired) electrons. The van der Waals surface area contributed by atoms with Gasteiger partial charge in [-0.3, -0.25) is 4.90 Å². The Hall–Kier alpha value is -1.09. The van der Waals surface area contributed by atoms with Crippen LogP contribution in [0.4, 0.5) is 5.82 Å². The van der Waals surface area contributed by atoms with Gasteiger partial charge in [0.05, 0.1) is 0 Å². The van der Waals surface area contributed by atoms with Gasteiger partial charge in [0.15, 0.2) is 0 Å². The van der Waals surface area contributed by atoms with Crippen molar-refractivity contribution in [2.24, 2.45) is 5.41 Å². The predicted octanol–water partition coefficient (Wildman–Crippen LogP) is 3.91. The van der Waals surface area contributed by atoms with E-state index in [9.17, 15) is 0 Å². The van der Waals surface area contributed by atoms with E-state index in [0.717, 1.165) is 24.9 Å². The minimum atomic E-state index is 0.548. The summed E-state index contributed by atoms with van der Waals surface area (Å²) in [5.74, 6) is 0.989. The molecule has 1 aliphatic rings. The molecule has 0 bridgehead atoms. The van der Waals surface area contributed by atoms with Crippen LogP contribution in [0.1, 0.15) is 52.0 Å². The van der Waals surface area contributed by atoms with Gasteiger partial charge in [-0.2, -0.15) is 0 Å². The van der Waals surface area contributed by atoms with Crippen LogP contribution in [-0.4, -0.2) is 29.5 Å². The van der Waals surface area contributed by atoms with Crippen LogP contribution in [0.5, 0.6) is 0 Å². The molecule has 1 aliphatic carbocycles. The van der Waals surface area contributed by atoms with Crippen molar-refractivity contribution >= 4 is 5.82 Å². The number of rotatable bonds is 5. The first-order valence-electron chi connectivity index (χ1n) is 7.89. The van der Waals surface area contributed by atoms with Gasteiger partial charge in [0, 0.05) is 25.3 Å². The van der Waals surface area contributed by atoms with Crippen molar-refractivity contribution < 1.29 is 0 Å². The van der Waals surface area contributed by atoms with E-state index in [1.807, 2.05) is 6.20 Å². The van der Waals surface area contributed by atoms with Crippen molar-refractivity contribution in [2.75, 3.05) is 18.9 Å². The molecule has 0 saturated heterocycles. The van der Waals surface area contributed by atoms with Crippen molar-refractivity contribution in [1.29, 1.82) is 0 Å². The number of hydrogen-bond donors (Lipinski definition) is 1. The van der Waals surface area contributed by atoms with Gasteiger partial charge in [0.2, 0.25) is 0 Å². The number of anilines is 1. The van der Waals surface area contributed by atoms with Gasteiger partial charge in [0.25, 0.3) is 0 Å². The first-order valence-corrected chi connectivity index (χ1v) is 7.89. The average Bonchev–Trinajstić information content (AvgIpc) is 2.39. The molecule has 0 spiro atoms. The molecule has 112 valence electrons.